The summed E-state index contributed by atoms with van der Waals surface area (Å²) in [7, 11) is -2.08. The number of ether oxygens (including phenoxy) is 1. The molecule has 0 aromatic heterocycles. The van der Waals surface area contributed by atoms with Gasteiger partial charge in [-0.15, -0.1) is 0 Å². The Morgan fingerprint density at radius 1 is 1.33 bits per heavy atom. The van der Waals surface area contributed by atoms with Gasteiger partial charge in [-0.05, 0) is 57.2 Å². The zero-order valence-corrected chi connectivity index (χ0v) is 15.3. The van der Waals surface area contributed by atoms with Gasteiger partial charge >= 0.3 is 5.97 Å². The summed E-state index contributed by atoms with van der Waals surface area (Å²) in [4.78, 5) is 12.3. The summed E-state index contributed by atoms with van der Waals surface area (Å²) < 4.78 is 31.7. The van der Waals surface area contributed by atoms with Crippen molar-refractivity contribution in [2.75, 3.05) is 13.7 Å². The monoisotopic (exact) mass is 351 g/mol. The van der Waals surface area contributed by atoms with Gasteiger partial charge in [-0.1, -0.05) is 18.2 Å². The van der Waals surface area contributed by atoms with Crippen LogP contribution in [0.2, 0.25) is 0 Å². The third kappa shape index (κ3) is 4.45. The summed E-state index contributed by atoms with van der Waals surface area (Å²) in [5.74, 6) is -0.133. The Morgan fingerprint density at radius 2 is 2.08 bits per heavy atom. The number of rotatable bonds is 6. The minimum absolute atomic E-state index is 0.105. The average molecular weight is 351 g/mol. The Labute approximate surface area is 144 Å². The molecule has 0 heterocycles. The predicted molar refractivity (Wildman–Crippen MR) is 93.3 cm³/mol. The molecule has 1 aliphatic carbocycles. The van der Waals surface area contributed by atoms with E-state index >= 15 is 0 Å². The van der Waals surface area contributed by atoms with Crippen molar-refractivity contribution in [3.05, 3.63) is 42.0 Å². The van der Waals surface area contributed by atoms with Gasteiger partial charge in [-0.2, -0.15) is 4.31 Å². The predicted octanol–water partition coefficient (Wildman–Crippen LogP) is 3.23. The van der Waals surface area contributed by atoms with Gasteiger partial charge in [0.05, 0.1) is 17.1 Å². The normalized spacial score (nSPS) is 18.1. The van der Waals surface area contributed by atoms with Crippen molar-refractivity contribution in [3.63, 3.8) is 0 Å². The van der Waals surface area contributed by atoms with Crippen LogP contribution >= 0.6 is 0 Å². The standard InChI is InChI=1S/C18H25NO4S/c1-14(2)19(3)24(21,22)17-11-7-10-16(12-17)18(20)23-13-15-8-5-4-6-9-15/h4-5,7,10-12,14-15H,6,8-9,13H2,1-3H3. The summed E-state index contributed by atoms with van der Waals surface area (Å²) in [5.41, 5.74) is 0.264. The average Bonchev–Trinajstić information content (AvgIpc) is 2.59. The Bertz CT molecular complexity index is 709. The Morgan fingerprint density at radius 3 is 2.71 bits per heavy atom. The molecule has 0 amide bonds. The molecule has 0 saturated heterocycles. The fraction of sp³-hybridized carbons (Fsp3) is 0.500. The zero-order chi connectivity index (χ0) is 17.7. The highest BCUT2D eigenvalue weighted by Crippen LogP contribution is 2.20. The van der Waals surface area contributed by atoms with Crippen molar-refractivity contribution in [1.82, 2.24) is 4.31 Å². The van der Waals surface area contributed by atoms with Crippen LogP contribution in [0.15, 0.2) is 41.3 Å². The first-order chi connectivity index (χ1) is 11.3. The minimum atomic E-state index is -3.61. The number of nitrogens with zero attached hydrogens (tertiary/aromatic N) is 1. The molecule has 1 aliphatic rings. The molecule has 132 valence electrons. The third-order valence-corrected chi connectivity index (χ3v) is 6.33. The van der Waals surface area contributed by atoms with E-state index in [9.17, 15) is 13.2 Å². The molecule has 24 heavy (non-hydrogen) atoms. The van der Waals surface area contributed by atoms with E-state index < -0.39 is 16.0 Å². The number of sulfonamides is 1. The number of carbonyl (C=O) groups excluding carboxylic acids is 1. The first-order valence-electron chi connectivity index (χ1n) is 8.22. The van der Waals surface area contributed by atoms with Crippen LogP contribution in [0.1, 0.15) is 43.5 Å². The number of carbonyl (C=O) groups is 1. The number of benzene rings is 1. The minimum Gasteiger partial charge on any atom is -0.462 e. The summed E-state index contributed by atoms with van der Waals surface area (Å²) in [6, 6.07) is 5.87. The quantitative estimate of drug-likeness (QED) is 0.583. The van der Waals surface area contributed by atoms with E-state index in [0.29, 0.717) is 12.5 Å². The van der Waals surface area contributed by atoms with Crippen molar-refractivity contribution < 1.29 is 17.9 Å². The van der Waals surface area contributed by atoms with Crippen molar-refractivity contribution in [2.45, 2.75) is 44.0 Å². The van der Waals surface area contributed by atoms with Gasteiger partial charge in [0, 0.05) is 13.1 Å². The van der Waals surface area contributed by atoms with Crippen LogP contribution in [0.3, 0.4) is 0 Å². The van der Waals surface area contributed by atoms with Crippen LogP contribution in [0.25, 0.3) is 0 Å². The molecule has 0 fully saturated rings. The van der Waals surface area contributed by atoms with Gasteiger partial charge in [0.15, 0.2) is 0 Å². The molecule has 1 atom stereocenters. The van der Waals surface area contributed by atoms with Crippen molar-refractivity contribution in [2.24, 2.45) is 5.92 Å². The summed E-state index contributed by atoms with van der Waals surface area (Å²) >= 11 is 0. The van der Waals surface area contributed by atoms with Crippen molar-refractivity contribution in [3.8, 4) is 0 Å². The van der Waals surface area contributed by atoms with Crippen LogP contribution in [-0.4, -0.2) is 38.4 Å². The number of esters is 1. The molecule has 0 aliphatic heterocycles. The van der Waals surface area contributed by atoms with E-state index in [4.69, 9.17) is 4.74 Å². The molecular weight excluding hydrogens is 326 g/mol. The Hall–Kier alpha value is -1.66. The number of hydrogen-bond donors (Lipinski definition) is 0. The van der Waals surface area contributed by atoms with Gasteiger partial charge in [-0.3, -0.25) is 0 Å². The van der Waals surface area contributed by atoms with Crippen LogP contribution in [-0.2, 0) is 14.8 Å². The van der Waals surface area contributed by atoms with E-state index in [0.717, 1.165) is 19.3 Å². The largest absolute Gasteiger partial charge is 0.462 e. The lowest BCUT2D eigenvalue weighted by atomic mass is 9.95. The molecule has 0 bridgehead atoms. The van der Waals surface area contributed by atoms with Crippen LogP contribution in [0, 0.1) is 5.92 Å². The summed E-state index contributed by atoms with van der Waals surface area (Å²) in [5, 5.41) is 0. The van der Waals surface area contributed by atoms with E-state index in [1.54, 1.807) is 26.0 Å². The van der Waals surface area contributed by atoms with Crippen LogP contribution in [0.5, 0.6) is 0 Å². The zero-order valence-electron chi connectivity index (χ0n) is 14.4. The fourth-order valence-corrected chi connectivity index (χ4v) is 3.93. The molecule has 2 rings (SSSR count). The van der Waals surface area contributed by atoms with Gasteiger partial charge in [0.1, 0.15) is 0 Å². The molecular formula is C18H25NO4S. The second kappa shape index (κ2) is 7.94. The molecule has 1 aromatic rings. The SMILES string of the molecule is CC(C)N(C)S(=O)(=O)c1cccc(C(=O)OCC2CC=CCC2)c1. The first kappa shape index (κ1) is 18.7. The molecule has 6 heteroatoms. The molecule has 0 N–H and O–H groups in total. The molecule has 0 radical (unpaired) electrons. The smallest absolute Gasteiger partial charge is 0.338 e. The maximum Gasteiger partial charge on any atom is 0.338 e. The van der Waals surface area contributed by atoms with Crippen molar-refractivity contribution >= 4 is 16.0 Å². The second-order valence-corrected chi connectivity index (χ2v) is 8.39. The topological polar surface area (TPSA) is 63.7 Å². The van der Waals surface area contributed by atoms with E-state index in [2.05, 4.69) is 12.2 Å². The third-order valence-electron chi connectivity index (χ3n) is 4.30. The van der Waals surface area contributed by atoms with Gasteiger partial charge in [0.2, 0.25) is 10.0 Å². The van der Waals surface area contributed by atoms with Gasteiger partial charge in [-0.25, -0.2) is 13.2 Å². The fourth-order valence-electron chi connectivity index (χ4n) is 2.51. The molecule has 1 aromatic carbocycles. The maximum atomic E-state index is 12.5. The van der Waals surface area contributed by atoms with E-state index in [1.807, 2.05) is 0 Å². The highest BCUT2D eigenvalue weighted by atomic mass is 32.2. The molecule has 0 spiro atoms. The van der Waals surface area contributed by atoms with Crippen LogP contribution < -0.4 is 0 Å². The molecule has 1 unspecified atom stereocenters. The Kier molecular flexibility index (Phi) is 6.18. The van der Waals surface area contributed by atoms with Crippen molar-refractivity contribution in [1.29, 1.82) is 0 Å². The Balaban J connectivity index is 2.09. The van der Waals surface area contributed by atoms with Crippen LogP contribution in [0.4, 0.5) is 0 Å². The second-order valence-electron chi connectivity index (χ2n) is 6.39. The van der Waals surface area contributed by atoms with E-state index in [-0.39, 0.29) is 16.5 Å². The lowest BCUT2D eigenvalue weighted by Crippen LogP contribution is -2.33. The summed E-state index contributed by atoms with van der Waals surface area (Å²) in [6.45, 7) is 3.97. The van der Waals surface area contributed by atoms with Gasteiger partial charge < -0.3 is 4.74 Å². The lowest BCUT2D eigenvalue weighted by Gasteiger charge is -2.21. The molecule has 5 nitrogen and oxygen atoms in total. The van der Waals surface area contributed by atoms with Gasteiger partial charge in [0.25, 0.3) is 0 Å². The molecule has 0 saturated carbocycles. The van der Waals surface area contributed by atoms with E-state index in [1.165, 1.54) is 23.5 Å². The number of allylic oxidation sites excluding steroid dienone is 2. The highest BCUT2D eigenvalue weighted by molar-refractivity contribution is 7.89. The summed E-state index contributed by atoms with van der Waals surface area (Å²) in [6.07, 6.45) is 7.19. The lowest BCUT2D eigenvalue weighted by molar-refractivity contribution is 0.0432. The highest BCUT2D eigenvalue weighted by Gasteiger charge is 2.24. The number of hydrogen-bond acceptors (Lipinski definition) is 4. The first-order valence-corrected chi connectivity index (χ1v) is 9.66. The maximum absolute atomic E-state index is 12.5.